The van der Waals surface area contributed by atoms with Gasteiger partial charge in [-0.1, -0.05) is 40.9 Å². The number of aliphatic hydroxyl groups is 1. The fourth-order valence-corrected chi connectivity index (χ4v) is 2.76. The van der Waals surface area contributed by atoms with E-state index >= 15 is 0 Å². The molecule has 2 aromatic rings. The summed E-state index contributed by atoms with van der Waals surface area (Å²) in [5.41, 5.74) is 1.65. The Morgan fingerprint density at radius 3 is 2.48 bits per heavy atom. The molecule has 23 heavy (non-hydrogen) atoms. The predicted molar refractivity (Wildman–Crippen MR) is 95.6 cm³/mol. The molecule has 0 fully saturated rings. The molecular weight excluding hydrogens is 357 g/mol. The van der Waals surface area contributed by atoms with Crippen LogP contribution in [0, 0.1) is 0 Å². The van der Waals surface area contributed by atoms with Crippen molar-refractivity contribution in [1.29, 1.82) is 0 Å². The summed E-state index contributed by atoms with van der Waals surface area (Å²) in [6.45, 7) is 3.02. The van der Waals surface area contributed by atoms with Crippen molar-refractivity contribution in [1.82, 2.24) is 5.32 Å². The minimum Gasteiger partial charge on any atom is -0.488 e. The van der Waals surface area contributed by atoms with Gasteiger partial charge in [-0.25, -0.2) is 0 Å². The number of hydrogen-bond donors (Lipinski definition) is 2. The van der Waals surface area contributed by atoms with Crippen molar-refractivity contribution in [2.24, 2.45) is 0 Å². The Hall–Kier alpha value is -0.970. The molecule has 0 aliphatic rings. The highest BCUT2D eigenvalue weighted by Crippen LogP contribution is 2.28. The Morgan fingerprint density at radius 2 is 1.83 bits per heavy atom. The van der Waals surface area contributed by atoms with Gasteiger partial charge in [0.15, 0.2) is 0 Å². The van der Waals surface area contributed by atoms with Crippen LogP contribution in [0.2, 0.25) is 15.1 Å². The average Bonchev–Trinajstić information content (AvgIpc) is 2.48. The molecule has 1 atom stereocenters. The largest absolute Gasteiger partial charge is 0.488 e. The van der Waals surface area contributed by atoms with E-state index in [0.717, 1.165) is 11.1 Å². The second-order valence-electron chi connectivity index (χ2n) is 5.22. The fourth-order valence-electron chi connectivity index (χ4n) is 2.06. The normalized spacial score (nSPS) is 12.2. The Bertz CT molecular complexity index is 642. The average molecular weight is 375 g/mol. The van der Waals surface area contributed by atoms with Crippen LogP contribution in [0.5, 0.6) is 5.75 Å². The molecule has 0 saturated heterocycles. The molecule has 2 N–H and O–H groups in total. The molecule has 2 rings (SSSR count). The molecule has 0 spiro atoms. The van der Waals surface area contributed by atoms with E-state index in [0.29, 0.717) is 33.9 Å². The minimum atomic E-state index is -0.416. The van der Waals surface area contributed by atoms with Crippen LogP contribution in [-0.2, 0) is 13.2 Å². The number of hydrogen-bond acceptors (Lipinski definition) is 3. The number of nitrogens with one attached hydrogen (secondary N) is 1. The van der Waals surface area contributed by atoms with Crippen molar-refractivity contribution in [3.8, 4) is 5.75 Å². The Kier molecular flexibility index (Phi) is 7.00. The van der Waals surface area contributed by atoms with Crippen molar-refractivity contribution in [2.75, 3.05) is 6.54 Å². The Balaban J connectivity index is 2.10. The van der Waals surface area contributed by atoms with E-state index in [9.17, 15) is 5.11 Å². The van der Waals surface area contributed by atoms with Gasteiger partial charge in [-0.05, 0) is 37.3 Å². The summed E-state index contributed by atoms with van der Waals surface area (Å²) < 4.78 is 5.87. The predicted octanol–water partition coefficient (Wildman–Crippen LogP) is 4.70. The van der Waals surface area contributed by atoms with Gasteiger partial charge in [0.1, 0.15) is 12.4 Å². The molecule has 0 unspecified atom stereocenters. The third-order valence-corrected chi connectivity index (χ3v) is 4.15. The molecule has 0 saturated carbocycles. The lowest BCUT2D eigenvalue weighted by atomic mass is 10.2. The number of rotatable bonds is 7. The minimum absolute atomic E-state index is 0.267. The molecule has 3 nitrogen and oxygen atoms in total. The van der Waals surface area contributed by atoms with Gasteiger partial charge in [0.25, 0.3) is 0 Å². The number of ether oxygens (including phenoxy) is 1. The van der Waals surface area contributed by atoms with Gasteiger partial charge in [0.05, 0.1) is 6.10 Å². The number of aliphatic hydroxyl groups excluding tert-OH is 1. The van der Waals surface area contributed by atoms with E-state index in [4.69, 9.17) is 39.5 Å². The first-order chi connectivity index (χ1) is 11.0. The second-order valence-corrected chi connectivity index (χ2v) is 6.47. The Labute approximate surface area is 151 Å². The molecular formula is C17H18Cl3NO2. The quantitative estimate of drug-likeness (QED) is 0.738. The summed E-state index contributed by atoms with van der Waals surface area (Å²) in [4.78, 5) is 0. The monoisotopic (exact) mass is 373 g/mol. The van der Waals surface area contributed by atoms with Crippen LogP contribution in [0.4, 0.5) is 0 Å². The second kappa shape index (κ2) is 8.76. The lowest BCUT2D eigenvalue weighted by Gasteiger charge is -2.14. The summed E-state index contributed by atoms with van der Waals surface area (Å²) in [5, 5.41) is 14.2. The molecule has 0 heterocycles. The van der Waals surface area contributed by atoms with E-state index in [2.05, 4.69) is 5.32 Å². The molecule has 0 aromatic heterocycles. The molecule has 2 aromatic carbocycles. The van der Waals surface area contributed by atoms with E-state index in [1.54, 1.807) is 31.2 Å². The highest BCUT2D eigenvalue weighted by atomic mass is 35.5. The fraction of sp³-hybridized carbons (Fsp3) is 0.294. The molecule has 6 heteroatoms. The lowest BCUT2D eigenvalue weighted by molar-refractivity contribution is 0.190. The van der Waals surface area contributed by atoms with Crippen LogP contribution in [0.15, 0.2) is 36.4 Å². The maximum Gasteiger partial charge on any atom is 0.124 e. The SMILES string of the molecule is C[C@@H](O)CNCc1cc(Cl)ccc1OCc1c(Cl)cccc1Cl. The Morgan fingerprint density at radius 1 is 1.13 bits per heavy atom. The summed E-state index contributed by atoms with van der Waals surface area (Å²) >= 11 is 18.4. The topological polar surface area (TPSA) is 41.5 Å². The first kappa shape index (κ1) is 18.4. The highest BCUT2D eigenvalue weighted by Gasteiger charge is 2.09. The zero-order chi connectivity index (χ0) is 16.8. The lowest BCUT2D eigenvalue weighted by Crippen LogP contribution is -2.24. The van der Waals surface area contributed by atoms with Crippen LogP contribution in [0.25, 0.3) is 0 Å². The van der Waals surface area contributed by atoms with Gasteiger partial charge in [-0.15, -0.1) is 0 Å². The first-order valence-electron chi connectivity index (χ1n) is 7.20. The van der Waals surface area contributed by atoms with Crippen LogP contribution in [0.3, 0.4) is 0 Å². The van der Waals surface area contributed by atoms with Crippen molar-refractivity contribution in [3.63, 3.8) is 0 Å². The van der Waals surface area contributed by atoms with E-state index in [1.807, 2.05) is 12.1 Å². The zero-order valence-electron chi connectivity index (χ0n) is 12.7. The summed E-state index contributed by atoms with van der Waals surface area (Å²) in [7, 11) is 0. The van der Waals surface area contributed by atoms with Crippen molar-refractivity contribution >= 4 is 34.8 Å². The summed E-state index contributed by atoms with van der Waals surface area (Å²) in [6, 6.07) is 10.8. The molecule has 124 valence electrons. The van der Waals surface area contributed by atoms with Crippen LogP contribution >= 0.6 is 34.8 Å². The van der Waals surface area contributed by atoms with Crippen LogP contribution < -0.4 is 10.1 Å². The van der Waals surface area contributed by atoms with Crippen LogP contribution in [0.1, 0.15) is 18.1 Å². The maximum atomic E-state index is 9.32. The third kappa shape index (κ3) is 5.55. The van der Waals surface area contributed by atoms with Gasteiger partial charge in [-0.3, -0.25) is 0 Å². The van der Waals surface area contributed by atoms with E-state index < -0.39 is 6.10 Å². The van der Waals surface area contributed by atoms with Crippen LogP contribution in [-0.4, -0.2) is 17.8 Å². The van der Waals surface area contributed by atoms with E-state index in [1.165, 1.54) is 0 Å². The molecule has 0 radical (unpaired) electrons. The van der Waals surface area contributed by atoms with Crippen molar-refractivity contribution in [2.45, 2.75) is 26.2 Å². The summed E-state index contributed by atoms with van der Waals surface area (Å²) in [6.07, 6.45) is -0.416. The maximum absolute atomic E-state index is 9.32. The highest BCUT2D eigenvalue weighted by molar-refractivity contribution is 6.35. The first-order valence-corrected chi connectivity index (χ1v) is 8.33. The number of halogens is 3. The third-order valence-electron chi connectivity index (χ3n) is 3.21. The van der Waals surface area contributed by atoms with Gasteiger partial charge < -0.3 is 15.2 Å². The molecule has 0 aliphatic heterocycles. The molecule has 0 bridgehead atoms. The smallest absolute Gasteiger partial charge is 0.124 e. The summed E-state index contributed by atoms with van der Waals surface area (Å²) in [5.74, 6) is 0.698. The van der Waals surface area contributed by atoms with E-state index in [-0.39, 0.29) is 6.61 Å². The zero-order valence-corrected chi connectivity index (χ0v) is 14.9. The van der Waals surface area contributed by atoms with Crippen molar-refractivity contribution < 1.29 is 9.84 Å². The van der Waals surface area contributed by atoms with Crippen molar-refractivity contribution in [3.05, 3.63) is 62.6 Å². The van der Waals surface area contributed by atoms with Gasteiger partial charge in [0, 0.05) is 39.3 Å². The number of benzene rings is 2. The standard InChI is InChI=1S/C17H18Cl3NO2/c1-11(22)8-21-9-12-7-13(18)5-6-17(12)23-10-14-15(19)3-2-4-16(14)20/h2-7,11,21-22H,8-10H2,1H3/t11-/m1/s1. The molecule has 0 aliphatic carbocycles. The molecule has 0 amide bonds. The van der Waals surface area contributed by atoms with Gasteiger partial charge >= 0.3 is 0 Å². The van der Waals surface area contributed by atoms with Gasteiger partial charge in [0.2, 0.25) is 0 Å². The van der Waals surface area contributed by atoms with Gasteiger partial charge in [-0.2, -0.15) is 0 Å².